The van der Waals surface area contributed by atoms with Gasteiger partial charge in [-0.25, -0.2) is 8.42 Å². The maximum Gasteiger partial charge on any atom is 0.243 e. The van der Waals surface area contributed by atoms with Gasteiger partial charge in [0.15, 0.2) is 0 Å². The van der Waals surface area contributed by atoms with E-state index in [0.717, 1.165) is 6.42 Å². The molecule has 3 rings (SSSR count). The smallest absolute Gasteiger partial charge is 0.243 e. The van der Waals surface area contributed by atoms with E-state index in [0.29, 0.717) is 37.2 Å². The van der Waals surface area contributed by atoms with Gasteiger partial charge >= 0.3 is 0 Å². The molecular weight excluding hydrogens is 358 g/mol. The minimum absolute atomic E-state index is 0.0416. The number of methoxy groups -OCH3 is 1. The quantitative estimate of drug-likeness (QED) is 0.808. The van der Waals surface area contributed by atoms with E-state index in [1.165, 1.54) is 23.5 Å². The number of piperidine rings is 1. The predicted molar refractivity (Wildman–Crippen MR) is 95.3 cm³/mol. The number of primary amides is 1. The van der Waals surface area contributed by atoms with Crippen molar-refractivity contribution in [3.63, 3.8) is 0 Å². The minimum atomic E-state index is -3.72. The van der Waals surface area contributed by atoms with E-state index in [4.69, 9.17) is 10.5 Å². The average molecular weight is 381 g/mol. The van der Waals surface area contributed by atoms with Crippen LogP contribution in [0.5, 0.6) is 5.75 Å². The molecule has 2 amide bonds. The SMILES string of the molecule is COc1ccc(S(=O)(=O)N2CCC(C(N)=O)CC2)cc1N1CCCC1=O. The summed E-state index contributed by atoms with van der Waals surface area (Å²) in [4.78, 5) is 25.0. The van der Waals surface area contributed by atoms with Crippen molar-refractivity contribution in [2.75, 3.05) is 31.6 Å². The number of carbonyl (C=O) groups is 2. The second-order valence-electron chi connectivity index (χ2n) is 6.56. The lowest BCUT2D eigenvalue weighted by molar-refractivity contribution is -0.122. The highest BCUT2D eigenvalue weighted by atomic mass is 32.2. The Morgan fingerprint density at radius 2 is 1.92 bits per heavy atom. The fraction of sp³-hybridized carbons (Fsp3) is 0.529. The molecule has 2 N–H and O–H groups in total. The zero-order chi connectivity index (χ0) is 18.9. The first-order valence-corrected chi connectivity index (χ1v) is 10.1. The molecule has 0 unspecified atom stereocenters. The number of hydrogen-bond donors (Lipinski definition) is 1. The Kier molecular flexibility index (Phi) is 5.19. The first kappa shape index (κ1) is 18.7. The third-order valence-electron chi connectivity index (χ3n) is 5.01. The first-order chi connectivity index (χ1) is 12.3. The minimum Gasteiger partial charge on any atom is -0.495 e. The van der Waals surface area contributed by atoms with Gasteiger partial charge in [0.2, 0.25) is 21.8 Å². The monoisotopic (exact) mass is 381 g/mol. The van der Waals surface area contributed by atoms with Crippen LogP contribution in [0.25, 0.3) is 0 Å². The molecule has 2 fully saturated rings. The number of rotatable bonds is 5. The van der Waals surface area contributed by atoms with Crippen LogP contribution in [-0.2, 0) is 19.6 Å². The van der Waals surface area contributed by atoms with Crippen LogP contribution in [0.2, 0.25) is 0 Å². The third-order valence-corrected chi connectivity index (χ3v) is 6.90. The first-order valence-electron chi connectivity index (χ1n) is 8.62. The van der Waals surface area contributed by atoms with Crippen LogP contribution in [0.1, 0.15) is 25.7 Å². The second-order valence-corrected chi connectivity index (χ2v) is 8.50. The van der Waals surface area contributed by atoms with Gasteiger partial charge in [0.1, 0.15) is 5.75 Å². The van der Waals surface area contributed by atoms with Crippen LogP contribution in [0.3, 0.4) is 0 Å². The number of sulfonamides is 1. The molecule has 2 saturated heterocycles. The van der Waals surface area contributed by atoms with Crippen molar-refractivity contribution in [1.29, 1.82) is 0 Å². The predicted octanol–water partition coefficient (Wildman–Crippen LogP) is 0.708. The topological polar surface area (TPSA) is 110 Å². The molecule has 26 heavy (non-hydrogen) atoms. The van der Waals surface area contributed by atoms with Crippen molar-refractivity contribution in [2.45, 2.75) is 30.6 Å². The molecule has 2 heterocycles. The molecule has 0 radical (unpaired) electrons. The van der Waals surface area contributed by atoms with E-state index >= 15 is 0 Å². The molecule has 2 aliphatic rings. The zero-order valence-electron chi connectivity index (χ0n) is 14.7. The number of anilines is 1. The molecule has 2 aliphatic heterocycles. The lowest BCUT2D eigenvalue weighted by Crippen LogP contribution is -2.41. The van der Waals surface area contributed by atoms with Crippen LogP contribution in [0, 0.1) is 5.92 Å². The van der Waals surface area contributed by atoms with Crippen LogP contribution >= 0.6 is 0 Å². The average Bonchev–Trinajstić information content (AvgIpc) is 3.07. The van der Waals surface area contributed by atoms with Crippen molar-refractivity contribution in [2.24, 2.45) is 11.7 Å². The zero-order valence-corrected chi connectivity index (χ0v) is 15.5. The van der Waals surface area contributed by atoms with Gasteiger partial charge in [-0.15, -0.1) is 0 Å². The normalized spacial score (nSPS) is 19.7. The molecule has 1 aromatic carbocycles. The van der Waals surface area contributed by atoms with Gasteiger partial charge in [-0.05, 0) is 37.5 Å². The second kappa shape index (κ2) is 7.24. The number of carbonyl (C=O) groups excluding carboxylic acids is 2. The molecule has 8 nitrogen and oxygen atoms in total. The van der Waals surface area contributed by atoms with Crippen molar-refractivity contribution in [3.05, 3.63) is 18.2 Å². The maximum absolute atomic E-state index is 13.0. The molecule has 0 aromatic heterocycles. The fourth-order valence-corrected chi connectivity index (χ4v) is 4.96. The van der Waals surface area contributed by atoms with Gasteiger partial charge in [-0.3, -0.25) is 9.59 Å². The van der Waals surface area contributed by atoms with E-state index in [-0.39, 0.29) is 35.7 Å². The summed E-state index contributed by atoms with van der Waals surface area (Å²) in [6, 6.07) is 4.56. The summed E-state index contributed by atoms with van der Waals surface area (Å²) in [5, 5.41) is 0. The van der Waals surface area contributed by atoms with Gasteiger partial charge < -0.3 is 15.4 Å². The number of benzene rings is 1. The van der Waals surface area contributed by atoms with Gasteiger partial charge in [0.05, 0.1) is 17.7 Å². The molecular formula is C17H23N3O5S. The molecule has 1 aromatic rings. The number of nitrogens with zero attached hydrogens (tertiary/aromatic N) is 2. The molecule has 0 saturated carbocycles. The Balaban J connectivity index is 1.88. The number of ether oxygens (including phenoxy) is 1. The fourth-order valence-electron chi connectivity index (χ4n) is 3.47. The summed E-state index contributed by atoms with van der Waals surface area (Å²) in [5.74, 6) is -0.247. The summed E-state index contributed by atoms with van der Waals surface area (Å²) in [6.45, 7) is 1.04. The Hall–Kier alpha value is -2.13. The molecule has 0 bridgehead atoms. The summed E-state index contributed by atoms with van der Waals surface area (Å²) < 4.78 is 32.6. The van der Waals surface area contributed by atoms with E-state index in [9.17, 15) is 18.0 Å². The third kappa shape index (κ3) is 3.41. The van der Waals surface area contributed by atoms with Crippen molar-refractivity contribution in [3.8, 4) is 5.75 Å². The highest BCUT2D eigenvalue weighted by Crippen LogP contribution is 2.35. The lowest BCUT2D eigenvalue weighted by atomic mass is 9.98. The van der Waals surface area contributed by atoms with Crippen LogP contribution in [0.4, 0.5) is 5.69 Å². The lowest BCUT2D eigenvalue weighted by Gasteiger charge is -2.30. The Morgan fingerprint density at radius 1 is 1.23 bits per heavy atom. The molecule has 0 aliphatic carbocycles. The summed E-state index contributed by atoms with van der Waals surface area (Å²) in [7, 11) is -2.23. The van der Waals surface area contributed by atoms with E-state index < -0.39 is 10.0 Å². The van der Waals surface area contributed by atoms with Gasteiger partial charge in [0.25, 0.3) is 0 Å². The van der Waals surface area contributed by atoms with E-state index in [2.05, 4.69) is 0 Å². The van der Waals surface area contributed by atoms with Gasteiger partial charge in [0, 0.05) is 32.0 Å². The Morgan fingerprint density at radius 3 is 2.46 bits per heavy atom. The van der Waals surface area contributed by atoms with Crippen LogP contribution in [-0.4, -0.2) is 51.3 Å². The van der Waals surface area contributed by atoms with Gasteiger partial charge in [-0.2, -0.15) is 4.31 Å². The standard InChI is InChI=1S/C17H23N3O5S/c1-25-15-5-4-13(11-14(15)20-8-2-3-16(20)21)26(23,24)19-9-6-12(7-10-19)17(18)22/h4-5,11-12H,2-3,6-10H2,1H3,(H2,18,22). The highest BCUT2D eigenvalue weighted by molar-refractivity contribution is 7.89. The largest absolute Gasteiger partial charge is 0.495 e. The number of amides is 2. The highest BCUT2D eigenvalue weighted by Gasteiger charge is 2.33. The van der Waals surface area contributed by atoms with Crippen LogP contribution in [0.15, 0.2) is 23.1 Å². The molecule has 142 valence electrons. The van der Waals surface area contributed by atoms with Crippen molar-refractivity contribution < 1.29 is 22.7 Å². The summed E-state index contributed by atoms with van der Waals surface area (Å²) in [5.41, 5.74) is 5.78. The number of hydrogen-bond acceptors (Lipinski definition) is 5. The van der Waals surface area contributed by atoms with Gasteiger partial charge in [-0.1, -0.05) is 0 Å². The Labute approximate surface area is 152 Å². The number of nitrogens with two attached hydrogens (primary N) is 1. The summed E-state index contributed by atoms with van der Waals surface area (Å²) in [6.07, 6.45) is 2.02. The van der Waals surface area contributed by atoms with E-state index in [1.807, 2.05) is 0 Å². The van der Waals surface area contributed by atoms with Crippen molar-refractivity contribution >= 4 is 27.5 Å². The molecule has 0 atom stereocenters. The van der Waals surface area contributed by atoms with E-state index in [1.54, 1.807) is 11.0 Å². The molecule has 9 heteroatoms. The Bertz CT molecular complexity index is 816. The maximum atomic E-state index is 13.0. The van der Waals surface area contributed by atoms with Crippen molar-refractivity contribution in [1.82, 2.24) is 4.31 Å². The molecule has 0 spiro atoms. The van der Waals surface area contributed by atoms with Crippen LogP contribution < -0.4 is 15.4 Å². The summed E-state index contributed by atoms with van der Waals surface area (Å²) >= 11 is 0.